The Hall–Kier alpha value is -2.62. The molecule has 0 aromatic heterocycles. The van der Waals surface area contributed by atoms with Crippen molar-refractivity contribution in [3.63, 3.8) is 0 Å². The number of hydrogen-bond donors (Lipinski definition) is 1. The summed E-state index contributed by atoms with van der Waals surface area (Å²) in [4.78, 5) is 15.5. The third kappa shape index (κ3) is 5.40. The maximum atomic E-state index is 13.6. The summed E-state index contributed by atoms with van der Waals surface area (Å²) < 4.78 is 0. The van der Waals surface area contributed by atoms with Crippen molar-refractivity contribution in [1.82, 2.24) is 0 Å². The predicted octanol–water partition coefficient (Wildman–Crippen LogP) is 6.52. The Bertz CT molecular complexity index is 1030. The molecular formula is C28H31ClN2O. The molecule has 166 valence electrons. The van der Waals surface area contributed by atoms with Crippen LogP contribution in [0.25, 0.3) is 11.1 Å². The highest BCUT2D eigenvalue weighted by atomic mass is 35.5. The highest BCUT2D eigenvalue weighted by Crippen LogP contribution is 2.48. The second-order valence-electron chi connectivity index (χ2n) is 9.25. The summed E-state index contributed by atoms with van der Waals surface area (Å²) >= 11 is 6.02. The average molecular weight is 447 g/mol. The van der Waals surface area contributed by atoms with Gasteiger partial charge in [-0.25, -0.2) is 0 Å². The van der Waals surface area contributed by atoms with Crippen LogP contribution in [0.2, 0.25) is 5.02 Å². The Labute approximate surface area is 196 Å². The number of nitrogens with zero attached hydrogens (tertiary/aromatic N) is 1. The lowest BCUT2D eigenvalue weighted by Crippen LogP contribution is -2.42. The molecule has 4 rings (SSSR count). The molecule has 0 unspecified atom stereocenters. The number of nitrogens with two attached hydrogens (primary N) is 1. The van der Waals surface area contributed by atoms with Gasteiger partial charge in [-0.1, -0.05) is 80.0 Å². The number of carbonyl (C=O) groups excluding carboxylic acids is 1. The lowest BCUT2D eigenvalue weighted by atomic mass is 10.0. The van der Waals surface area contributed by atoms with E-state index in [2.05, 4.69) is 38.1 Å². The van der Waals surface area contributed by atoms with Crippen molar-refractivity contribution < 1.29 is 4.79 Å². The molecule has 4 heteroatoms. The van der Waals surface area contributed by atoms with Crippen LogP contribution >= 0.6 is 11.6 Å². The predicted molar refractivity (Wildman–Crippen MR) is 134 cm³/mol. The normalized spacial score (nSPS) is 18.4. The standard InChI is InChI=1S/C28H31ClN2O/c1-19(2)16-24(30)18-31(28(32)27-17-26(27)22-6-4-3-5-7-22)25-14-10-21(11-15-25)20-8-12-23(29)13-9-20/h3-15,19,24,26-27H,16-18,30H2,1-2H3/t24-,26-,27+/m0/s1. The number of halogens is 1. The molecule has 1 fully saturated rings. The zero-order chi connectivity index (χ0) is 22.7. The van der Waals surface area contributed by atoms with E-state index >= 15 is 0 Å². The molecule has 0 aliphatic heterocycles. The van der Waals surface area contributed by atoms with Gasteiger partial charge in [0.1, 0.15) is 0 Å². The topological polar surface area (TPSA) is 46.3 Å². The van der Waals surface area contributed by atoms with Crippen LogP contribution in [0.5, 0.6) is 0 Å². The van der Waals surface area contributed by atoms with Crippen LogP contribution in [0.3, 0.4) is 0 Å². The molecule has 0 spiro atoms. The number of benzene rings is 3. The van der Waals surface area contributed by atoms with Gasteiger partial charge in [0.05, 0.1) is 0 Å². The fraction of sp³-hybridized carbons (Fsp3) is 0.321. The van der Waals surface area contributed by atoms with Gasteiger partial charge in [0.25, 0.3) is 0 Å². The van der Waals surface area contributed by atoms with Crippen molar-refractivity contribution in [2.45, 2.75) is 38.6 Å². The smallest absolute Gasteiger partial charge is 0.230 e. The largest absolute Gasteiger partial charge is 0.326 e. The zero-order valence-corrected chi connectivity index (χ0v) is 19.5. The zero-order valence-electron chi connectivity index (χ0n) is 18.7. The molecule has 32 heavy (non-hydrogen) atoms. The summed E-state index contributed by atoms with van der Waals surface area (Å²) in [5, 5.41) is 0.721. The molecule has 3 aromatic rings. The van der Waals surface area contributed by atoms with E-state index in [0.29, 0.717) is 18.4 Å². The molecule has 3 aromatic carbocycles. The van der Waals surface area contributed by atoms with E-state index in [1.807, 2.05) is 59.5 Å². The maximum absolute atomic E-state index is 13.6. The first kappa shape index (κ1) is 22.6. The van der Waals surface area contributed by atoms with E-state index in [0.717, 1.165) is 34.7 Å². The van der Waals surface area contributed by atoms with Crippen LogP contribution < -0.4 is 10.6 Å². The fourth-order valence-electron chi connectivity index (χ4n) is 4.45. The molecule has 3 nitrogen and oxygen atoms in total. The first-order valence-corrected chi connectivity index (χ1v) is 11.8. The van der Waals surface area contributed by atoms with Crippen LogP contribution in [0, 0.1) is 11.8 Å². The number of carbonyl (C=O) groups is 1. The van der Waals surface area contributed by atoms with Crippen molar-refractivity contribution in [2.75, 3.05) is 11.4 Å². The minimum absolute atomic E-state index is 0.0274. The van der Waals surface area contributed by atoms with Crippen LogP contribution in [0.1, 0.15) is 38.2 Å². The Morgan fingerprint density at radius 2 is 1.56 bits per heavy atom. The van der Waals surface area contributed by atoms with Crippen LogP contribution in [-0.2, 0) is 4.79 Å². The highest BCUT2D eigenvalue weighted by Gasteiger charge is 2.46. The Morgan fingerprint density at radius 1 is 0.969 bits per heavy atom. The molecule has 0 heterocycles. The maximum Gasteiger partial charge on any atom is 0.230 e. The number of rotatable bonds is 8. The molecule has 1 saturated carbocycles. The Kier molecular flexibility index (Phi) is 6.98. The van der Waals surface area contributed by atoms with E-state index in [9.17, 15) is 4.79 Å². The van der Waals surface area contributed by atoms with Gasteiger partial charge in [-0.05, 0) is 65.6 Å². The van der Waals surface area contributed by atoms with Gasteiger partial charge in [-0.2, -0.15) is 0 Å². The number of anilines is 1. The molecular weight excluding hydrogens is 416 g/mol. The minimum Gasteiger partial charge on any atom is -0.326 e. The Morgan fingerprint density at radius 3 is 2.16 bits per heavy atom. The van der Waals surface area contributed by atoms with Crippen molar-refractivity contribution in [1.29, 1.82) is 0 Å². The molecule has 3 atom stereocenters. The van der Waals surface area contributed by atoms with Crippen LogP contribution in [0.15, 0.2) is 78.9 Å². The summed E-state index contributed by atoms with van der Waals surface area (Å²) in [6.07, 6.45) is 1.79. The summed E-state index contributed by atoms with van der Waals surface area (Å²) in [5.41, 5.74) is 10.8. The molecule has 1 aliphatic carbocycles. The molecule has 0 radical (unpaired) electrons. The molecule has 2 N–H and O–H groups in total. The molecule has 0 bridgehead atoms. The van der Waals surface area contributed by atoms with Crippen molar-refractivity contribution in [2.24, 2.45) is 17.6 Å². The second-order valence-corrected chi connectivity index (χ2v) is 9.69. The molecule has 1 aliphatic rings. The summed E-state index contributed by atoms with van der Waals surface area (Å²) in [5.74, 6) is 1.00. The van der Waals surface area contributed by atoms with E-state index in [-0.39, 0.29) is 17.9 Å². The van der Waals surface area contributed by atoms with Crippen LogP contribution in [-0.4, -0.2) is 18.5 Å². The second kappa shape index (κ2) is 9.89. The lowest BCUT2D eigenvalue weighted by Gasteiger charge is -2.27. The first-order valence-electron chi connectivity index (χ1n) is 11.4. The van der Waals surface area contributed by atoms with Gasteiger partial charge < -0.3 is 10.6 Å². The quantitative estimate of drug-likeness (QED) is 0.428. The van der Waals surface area contributed by atoms with Crippen molar-refractivity contribution in [3.05, 3.63) is 89.4 Å². The van der Waals surface area contributed by atoms with E-state index in [4.69, 9.17) is 17.3 Å². The third-order valence-electron chi connectivity index (χ3n) is 6.15. The Balaban J connectivity index is 1.55. The lowest BCUT2D eigenvalue weighted by molar-refractivity contribution is -0.120. The molecule has 1 amide bonds. The monoisotopic (exact) mass is 446 g/mol. The number of hydrogen-bond acceptors (Lipinski definition) is 2. The highest BCUT2D eigenvalue weighted by molar-refractivity contribution is 6.30. The van der Waals surface area contributed by atoms with Gasteiger partial charge >= 0.3 is 0 Å². The van der Waals surface area contributed by atoms with Gasteiger partial charge in [-0.15, -0.1) is 0 Å². The van der Waals surface area contributed by atoms with Gasteiger partial charge in [-0.3, -0.25) is 4.79 Å². The third-order valence-corrected chi connectivity index (χ3v) is 6.40. The average Bonchev–Trinajstić information content (AvgIpc) is 3.59. The summed E-state index contributed by atoms with van der Waals surface area (Å²) in [6.45, 7) is 4.87. The molecule has 0 saturated heterocycles. The van der Waals surface area contributed by atoms with Crippen molar-refractivity contribution in [3.8, 4) is 11.1 Å². The van der Waals surface area contributed by atoms with Crippen LogP contribution in [0.4, 0.5) is 5.69 Å². The van der Waals surface area contributed by atoms with Gasteiger partial charge in [0, 0.05) is 29.2 Å². The minimum atomic E-state index is -0.0520. The van der Waals surface area contributed by atoms with E-state index < -0.39 is 0 Å². The van der Waals surface area contributed by atoms with E-state index in [1.165, 1.54) is 5.56 Å². The van der Waals surface area contributed by atoms with E-state index in [1.54, 1.807) is 0 Å². The summed E-state index contributed by atoms with van der Waals surface area (Å²) in [7, 11) is 0. The number of amides is 1. The summed E-state index contributed by atoms with van der Waals surface area (Å²) in [6, 6.07) is 26.3. The fourth-order valence-corrected chi connectivity index (χ4v) is 4.58. The SMILES string of the molecule is CC(C)C[C@H](N)CN(C(=O)[C@@H]1C[C@H]1c1ccccc1)c1ccc(-c2ccc(Cl)cc2)cc1. The van der Waals surface area contributed by atoms with Gasteiger partial charge in [0.15, 0.2) is 0 Å². The first-order chi connectivity index (χ1) is 15.4. The van der Waals surface area contributed by atoms with Gasteiger partial charge in [0.2, 0.25) is 5.91 Å². The van der Waals surface area contributed by atoms with Crippen molar-refractivity contribution >= 4 is 23.2 Å².